The van der Waals surface area contributed by atoms with Crippen LogP contribution in [0.1, 0.15) is 64.7 Å². The van der Waals surface area contributed by atoms with Crippen molar-refractivity contribution in [3.63, 3.8) is 0 Å². The molecule has 4 rings (SSSR count). The molecule has 1 saturated heterocycles. The molecule has 13 nitrogen and oxygen atoms in total. The Hall–Kier alpha value is -4.13. The topological polar surface area (TPSA) is 153 Å². The summed E-state index contributed by atoms with van der Waals surface area (Å²) in [6.07, 6.45) is 1.55. The van der Waals surface area contributed by atoms with E-state index in [2.05, 4.69) is 10.6 Å². The van der Waals surface area contributed by atoms with Gasteiger partial charge in [-0.05, 0) is 42.9 Å². The maximum atomic E-state index is 14.1. The number of methoxy groups -OCH3 is 1. The van der Waals surface area contributed by atoms with Crippen LogP contribution in [0.25, 0.3) is 6.08 Å². The third-order valence-corrected chi connectivity index (χ3v) is 7.77. The molecular weight excluding hydrogens is 584 g/mol. The van der Waals surface area contributed by atoms with Crippen molar-refractivity contribution in [3.8, 4) is 0 Å². The molecule has 45 heavy (non-hydrogen) atoms. The smallest absolute Gasteiger partial charge is 0.410 e. The first-order valence-corrected chi connectivity index (χ1v) is 15.1. The molecule has 13 heteroatoms. The molecule has 4 bridgehead atoms. The number of alkyl carbamates (subject to hydrolysis) is 1. The highest BCUT2D eigenvalue weighted by atomic mass is 16.6. The van der Waals surface area contributed by atoms with Gasteiger partial charge in [0.05, 0.1) is 33.4 Å². The predicted molar refractivity (Wildman–Crippen MR) is 162 cm³/mol. The van der Waals surface area contributed by atoms with Crippen molar-refractivity contribution in [1.82, 2.24) is 20.4 Å². The van der Waals surface area contributed by atoms with Crippen LogP contribution in [0.2, 0.25) is 0 Å². The Morgan fingerprint density at radius 3 is 2.47 bits per heavy atom. The third kappa shape index (κ3) is 8.33. The lowest BCUT2D eigenvalue weighted by Crippen LogP contribution is -2.60. The molecule has 4 atom stereocenters. The van der Waals surface area contributed by atoms with Gasteiger partial charge in [0, 0.05) is 13.0 Å². The van der Waals surface area contributed by atoms with Gasteiger partial charge in [-0.3, -0.25) is 14.5 Å². The van der Waals surface area contributed by atoms with Crippen molar-refractivity contribution in [2.24, 2.45) is 5.41 Å². The van der Waals surface area contributed by atoms with Crippen LogP contribution in [0.3, 0.4) is 0 Å². The number of nitrogens with one attached hydrogen (secondary N) is 2. The molecule has 0 aromatic heterocycles. The van der Waals surface area contributed by atoms with Crippen LogP contribution in [0.15, 0.2) is 24.3 Å². The van der Waals surface area contributed by atoms with Crippen LogP contribution in [0.4, 0.5) is 9.59 Å². The summed E-state index contributed by atoms with van der Waals surface area (Å²) in [6, 6.07) is 2.43. The van der Waals surface area contributed by atoms with Crippen LogP contribution in [-0.4, -0.2) is 96.5 Å². The third-order valence-electron chi connectivity index (χ3n) is 7.77. The largest absolute Gasteiger partial charge is 0.467 e. The molecule has 2 N–H and O–H groups in total. The van der Waals surface area contributed by atoms with Gasteiger partial charge < -0.3 is 34.5 Å². The minimum absolute atomic E-state index is 0.0421. The highest BCUT2D eigenvalue weighted by Crippen LogP contribution is 2.31. The van der Waals surface area contributed by atoms with Gasteiger partial charge in [0.25, 0.3) is 0 Å². The number of esters is 1. The molecule has 246 valence electrons. The van der Waals surface area contributed by atoms with E-state index in [1.807, 2.05) is 24.3 Å². The van der Waals surface area contributed by atoms with E-state index in [0.717, 1.165) is 16.7 Å². The summed E-state index contributed by atoms with van der Waals surface area (Å²) in [4.78, 5) is 69.4. The van der Waals surface area contributed by atoms with Gasteiger partial charge in [-0.1, -0.05) is 51.1 Å². The van der Waals surface area contributed by atoms with Gasteiger partial charge in [-0.25, -0.2) is 14.4 Å². The van der Waals surface area contributed by atoms with E-state index in [0.29, 0.717) is 13.1 Å². The number of rotatable bonds is 2. The van der Waals surface area contributed by atoms with Crippen molar-refractivity contribution in [2.75, 3.05) is 26.9 Å². The molecule has 0 radical (unpaired) electrons. The average molecular weight is 629 g/mol. The molecule has 1 aromatic rings. The van der Waals surface area contributed by atoms with Gasteiger partial charge in [-0.15, -0.1) is 0 Å². The first-order chi connectivity index (χ1) is 21.1. The Balaban J connectivity index is 1.68. The van der Waals surface area contributed by atoms with Gasteiger partial charge in [0.1, 0.15) is 29.8 Å². The Kier molecular flexibility index (Phi) is 10.1. The second kappa shape index (κ2) is 13.5. The van der Waals surface area contributed by atoms with Crippen LogP contribution in [0, 0.1) is 5.41 Å². The number of hydrogen-bond donors (Lipinski definition) is 2. The Bertz CT molecular complexity index is 1350. The van der Waals surface area contributed by atoms with E-state index in [1.54, 1.807) is 52.5 Å². The number of ether oxygens (including phenoxy) is 4. The summed E-state index contributed by atoms with van der Waals surface area (Å²) in [5.41, 5.74) is 1.22. The standard InChI is InChI=1S/C32H44N4O9/c1-31(2,3)25-27(38)36-16-21(14-24(36)28(39)42-7)44-30(41)35-15-20-11-8-10-19(22(20)17-35)12-9-13-43-18-23(26(37)34-25)33-29(40)45-32(4,5)6/h8-12,21,23-25H,13-18H2,1-7H3,(H,33,40)(H,34,37)/b12-9+/t21-,23+,24+,25-/m1/s1. The fourth-order valence-corrected chi connectivity index (χ4v) is 5.56. The molecule has 0 unspecified atom stereocenters. The van der Waals surface area contributed by atoms with Crippen molar-refractivity contribution < 1.29 is 42.9 Å². The number of hydrogen-bond acceptors (Lipinski definition) is 9. The lowest BCUT2D eigenvalue weighted by molar-refractivity contribution is -0.153. The predicted octanol–water partition coefficient (Wildman–Crippen LogP) is 2.75. The fraction of sp³-hybridized carbons (Fsp3) is 0.594. The Morgan fingerprint density at radius 2 is 1.80 bits per heavy atom. The van der Waals surface area contributed by atoms with Gasteiger partial charge in [0.2, 0.25) is 11.8 Å². The summed E-state index contributed by atoms with van der Waals surface area (Å²) in [5.74, 6) is -1.89. The summed E-state index contributed by atoms with van der Waals surface area (Å²) in [5, 5.41) is 5.33. The molecule has 1 aromatic carbocycles. The monoisotopic (exact) mass is 628 g/mol. The first kappa shape index (κ1) is 33.8. The normalized spacial score (nSPS) is 25.4. The fourth-order valence-electron chi connectivity index (χ4n) is 5.56. The van der Waals surface area contributed by atoms with E-state index in [9.17, 15) is 24.0 Å². The molecule has 3 heterocycles. The molecular formula is C32H44N4O9. The average Bonchev–Trinajstić information content (AvgIpc) is 3.57. The number of fused-ring (bicyclic) bond motifs is 3. The lowest BCUT2D eigenvalue weighted by atomic mass is 9.85. The Labute approximate surface area is 263 Å². The number of carbonyl (C=O) groups is 5. The number of benzene rings is 1. The van der Waals surface area contributed by atoms with Gasteiger partial charge in [0.15, 0.2) is 0 Å². The van der Waals surface area contributed by atoms with E-state index >= 15 is 0 Å². The van der Waals surface area contributed by atoms with Crippen LogP contribution < -0.4 is 10.6 Å². The minimum Gasteiger partial charge on any atom is -0.467 e. The van der Waals surface area contributed by atoms with Crippen LogP contribution in [-0.2, 0) is 46.4 Å². The van der Waals surface area contributed by atoms with Crippen molar-refractivity contribution in [2.45, 2.75) is 90.9 Å². The maximum Gasteiger partial charge on any atom is 0.410 e. The molecule has 4 amide bonds. The van der Waals surface area contributed by atoms with Crippen LogP contribution in [0.5, 0.6) is 0 Å². The summed E-state index contributed by atoms with van der Waals surface area (Å²) < 4.78 is 22.0. The van der Waals surface area contributed by atoms with Crippen molar-refractivity contribution >= 4 is 36.0 Å². The zero-order valence-corrected chi connectivity index (χ0v) is 27.0. The number of amides is 4. The lowest BCUT2D eigenvalue weighted by Gasteiger charge is -2.35. The second-order valence-electron chi connectivity index (χ2n) is 13.6. The molecule has 3 aliphatic rings. The summed E-state index contributed by atoms with van der Waals surface area (Å²) in [7, 11) is 1.22. The maximum absolute atomic E-state index is 14.1. The van der Waals surface area contributed by atoms with E-state index in [4.69, 9.17) is 18.9 Å². The first-order valence-electron chi connectivity index (χ1n) is 15.1. The van der Waals surface area contributed by atoms with Gasteiger partial charge in [-0.2, -0.15) is 0 Å². The molecule has 0 spiro atoms. The van der Waals surface area contributed by atoms with E-state index < -0.39 is 65.2 Å². The zero-order chi connectivity index (χ0) is 33.1. The zero-order valence-electron chi connectivity index (χ0n) is 27.0. The van der Waals surface area contributed by atoms with Crippen LogP contribution >= 0.6 is 0 Å². The minimum atomic E-state index is -1.20. The van der Waals surface area contributed by atoms with E-state index in [1.165, 1.54) is 12.0 Å². The summed E-state index contributed by atoms with van der Waals surface area (Å²) >= 11 is 0. The highest BCUT2D eigenvalue weighted by Gasteiger charge is 2.47. The molecule has 1 fully saturated rings. The SMILES string of the molecule is COC(=O)[C@@H]1C[C@@H]2CN1C(=O)[C@H](C(C)(C)C)NC(=O)[C@@H](NC(=O)OC(C)(C)C)COC/C=C/c1cccc3c1CN(C3)C(=O)O2. The number of carbonyl (C=O) groups excluding carboxylic acids is 5. The number of nitrogens with zero attached hydrogens (tertiary/aromatic N) is 2. The molecule has 0 saturated carbocycles. The van der Waals surface area contributed by atoms with Crippen molar-refractivity contribution in [3.05, 3.63) is 41.0 Å². The molecule has 0 aliphatic carbocycles. The quantitative estimate of drug-likeness (QED) is 0.372. The second-order valence-corrected chi connectivity index (χ2v) is 13.6. The summed E-state index contributed by atoms with van der Waals surface area (Å²) in [6.45, 7) is 10.9. The van der Waals surface area contributed by atoms with E-state index in [-0.39, 0.29) is 26.2 Å². The Morgan fingerprint density at radius 1 is 1.07 bits per heavy atom. The molecule has 3 aliphatic heterocycles. The highest BCUT2D eigenvalue weighted by molar-refractivity contribution is 5.94. The van der Waals surface area contributed by atoms with Crippen molar-refractivity contribution in [1.29, 1.82) is 0 Å². The van der Waals surface area contributed by atoms with Gasteiger partial charge >= 0.3 is 18.2 Å².